The maximum absolute atomic E-state index is 2.57. The summed E-state index contributed by atoms with van der Waals surface area (Å²) in [5, 5.41) is 5.07. The van der Waals surface area contributed by atoms with Gasteiger partial charge in [0.25, 0.3) is 0 Å². The predicted octanol–water partition coefficient (Wildman–Crippen LogP) is 17.7. The third kappa shape index (κ3) is 6.45. The molecule has 322 valence electrons. The van der Waals surface area contributed by atoms with Gasteiger partial charge >= 0.3 is 0 Å². The summed E-state index contributed by atoms with van der Waals surface area (Å²) in [6, 6.07) is 93.0. The van der Waals surface area contributed by atoms with Gasteiger partial charge in [-0.15, -0.1) is 0 Å². The van der Waals surface area contributed by atoms with Gasteiger partial charge in [0.15, 0.2) is 0 Å². The zero-order chi connectivity index (χ0) is 45.0. The van der Waals surface area contributed by atoms with Crippen LogP contribution >= 0.6 is 0 Å². The Morgan fingerprint density at radius 2 is 0.882 bits per heavy atom. The summed E-state index contributed by atoms with van der Waals surface area (Å²) < 4.78 is 0. The Morgan fingerprint density at radius 1 is 0.324 bits per heavy atom. The zero-order valence-electron chi connectivity index (χ0n) is 37.9. The first-order valence-electron chi connectivity index (χ1n) is 24.2. The first-order chi connectivity index (χ1) is 33.7. The second-order valence-electron chi connectivity index (χ2n) is 18.6. The van der Waals surface area contributed by atoms with Crippen LogP contribution in [0.1, 0.15) is 46.2 Å². The van der Waals surface area contributed by atoms with Gasteiger partial charge in [0, 0.05) is 16.9 Å². The number of aryl methyl sites for hydroxylation is 1. The van der Waals surface area contributed by atoms with Crippen molar-refractivity contribution in [3.8, 4) is 44.5 Å². The van der Waals surface area contributed by atoms with Gasteiger partial charge in [-0.05, 0) is 162 Å². The minimum absolute atomic E-state index is 0.554. The van der Waals surface area contributed by atoms with Crippen LogP contribution in [-0.2, 0) is 18.3 Å². The molecular formula is C67H49N. The molecule has 2 aliphatic rings. The quantitative estimate of drug-likeness (QED) is 0.138. The molecule has 0 atom stereocenters. The predicted molar refractivity (Wildman–Crippen MR) is 286 cm³/mol. The molecule has 0 radical (unpaired) electrons. The van der Waals surface area contributed by atoms with Crippen molar-refractivity contribution in [2.45, 2.75) is 31.1 Å². The molecule has 0 aromatic heterocycles. The molecule has 11 aromatic rings. The van der Waals surface area contributed by atoms with E-state index in [0.29, 0.717) is 0 Å². The Kier molecular flexibility index (Phi) is 9.75. The fraction of sp³-hybridized carbons (Fsp3) is 0.0746. The van der Waals surface area contributed by atoms with E-state index in [1.165, 1.54) is 118 Å². The smallest absolute Gasteiger partial charge is 0.0714 e. The van der Waals surface area contributed by atoms with Gasteiger partial charge in [0.1, 0.15) is 0 Å². The van der Waals surface area contributed by atoms with Crippen LogP contribution < -0.4 is 4.90 Å². The van der Waals surface area contributed by atoms with E-state index in [-0.39, 0.29) is 0 Å². The van der Waals surface area contributed by atoms with Gasteiger partial charge in [0.05, 0.1) is 11.1 Å². The van der Waals surface area contributed by atoms with Crippen LogP contribution in [0.4, 0.5) is 17.1 Å². The molecule has 11 aromatic carbocycles. The molecule has 68 heavy (non-hydrogen) atoms. The van der Waals surface area contributed by atoms with Crippen molar-refractivity contribution < 1.29 is 0 Å². The van der Waals surface area contributed by atoms with E-state index < -0.39 is 5.41 Å². The average molecular weight is 868 g/mol. The van der Waals surface area contributed by atoms with Crippen LogP contribution in [-0.4, -0.2) is 0 Å². The fourth-order valence-electron chi connectivity index (χ4n) is 11.9. The zero-order valence-corrected chi connectivity index (χ0v) is 37.9. The largest absolute Gasteiger partial charge is 0.310 e. The van der Waals surface area contributed by atoms with Gasteiger partial charge in [-0.1, -0.05) is 206 Å². The minimum atomic E-state index is -0.554. The highest BCUT2D eigenvalue weighted by Crippen LogP contribution is 2.59. The third-order valence-electron chi connectivity index (χ3n) is 14.9. The van der Waals surface area contributed by atoms with E-state index in [1.54, 1.807) is 0 Å². The number of benzene rings is 11. The molecule has 0 aliphatic heterocycles. The Labute approximate surface area is 399 Å². The molecule has 0 unspecified atom stereocenters. The van der Waals surface area contributed by atoms with Crippen molar-refractivity contribution >= 4 is 38.6 Å². The maximum atomic E-state index is 2.57. The summed E-state index contributed by atoms with van der Waals surface area (Å²) in [5.41, 5.74) is 21.0. The van der Waals surface area contributed by atoms with E-state index >= 15 is 0 Å². The van der Waals surface area contributed by atoms with Crippen molar-refractivity contribution in [3.63, 3.8) is 0 Å². The van der Waals surface area contributed by atoms with Gasteiger partial charge < -0.3 is 4.90 Å². The molecule has 0 bridgehead atoms. The first-order valence-corrected chi connectivity index (χ1v) is 24.2. The Balaban J connectivity index is 1.10. The lowest BCUT2D eigenvalue weighted by atomic mass is 9.67. The second kappa shape index (κ2) is 16.6. The number of hydrogen-bond donors (Lipinski definition) is 0. The summed E-state index contributed by atoms with van der Waals surface area (Å²) in [6.45, 7) is 0. The molecule has 0 saturated carbocycles. The molecular weight excluding hydrogens is 819 g/mol. The van der Waals surface area contributed by atoms with E-state index in [0.717, 1.165) is 24.2 Å². The highest BCUT2D eigenvalue weighted by Gasteiger charge is 2.47. The van der Waals surface area contributed by atoms with Crippen LogP contribution in [0.5, 0.6) is 0 Å². The van der Waals surface area contributed by atoms with Crippen LogP contribution in [0.15, 0.2) is 249 Å². The molecule has 13 rings (SSSR count). The fourth-order valence-corrected chi connectivity index (χ4v) is 11.9. The van der Waals surface area contributed by atoms with Gasteiger partial charge in [-0.3, -0.25) is 0 Å². The van der Waals surface area contributed by atoms with E-state index in [9.17, 15) is 0 Å². The number of hydrogen-bond acceptors (Lipinski definition) is 1. The number of fused-ring (bicyclic) bond motifs is 7. The van der Waals surface area contributed by atoms with Crippen LogP contribution in [0.25, 0.3) is 66.1 Å². The molecule has 0 spiro atoms. The highest BCUT2D eigenvalue weighted by atomic mass is 15.1. The lowest BCUT2D eigenvalue weighted by Gasteiger charge is -2.36. The monoisotopic (exact) mass is 867 g/mol. The number of nitrogens with zero attached hydrogens (tertiary/aromatic N) is 1. The Morgan fingerprint density at radius 3 is 1.60 bits per heavy atom. The molecule has 0 heterocycles. The molecule has 0 saturated heterocycles. The minimum Gasteiger partial charge on any atom is -0.310 e. The summed E-state index contributed by atoms with van der Waals surface area (Å²) in [5.74, 6) is 0. The van der Waals surface area contributed by atoms with Crippen molar-refractivity contribution in [1.29, 1.82) is 0 Å². The van der Waals surface area contributed by atoms with Crippen molar-refractivity contribution in [3.05, 3.63) is 282 Å². The normalized spacial score (nSPS) is 13.5. The van der Waals surface area contributed by atoms with Crippen LogP contribution in [0.3, 0.4) is 0 Å². The molecule has 0 N–H and O–H groups in total. The molecule has 0 amide bonds. The van der Waals surface area contributed by atoms with Gasteiger partial charge in [0.2, 0.25) is 0 Å². The standard InChI is InChI=1S/C67H49N/c1-4-19-46(20-5-1)47-35-39-53(40-36-47)68(54-41-37-49(38-42-54)61-43-50-22-11-13-29-56(50)57-30-14-15-31-59(57)61)66-45-65-62(44-63(66)58-33-18-23-48-21-10-12-28-55(48)58)60-32-16-17-34-64(60)67(65,51-24-6-2-7-25-51)52-26-8-3-9-27-52/h1-9,11,13-20,22-27,29-45H,10,12,21,28H2. The topological polar surface area (TPSA) is 3.24 Å². The number of anilines is 3. The number of rotatable bonds is 8. The van der Waals surface area contributed by atoms with Crippen molar-refractivity contribution in [2.24, 2.45) is 0 Å². The third-order valence-corrected chi connectivity index (χ3v) is 14.9. The lowest BCUT2D eigenvalue weighted by molar-refractivity contribution is 0.687. The van der Waals surface area contributed by atoms with Crippen LogP contribution in [0, 0.1) is 0 Å². The van der Waals surface area contributed by atoms with Gasteiger partial charge in [-0.2, -0.15) is 0 Å². The SMILES string of the molecule is c1ccc(-c2ccc(N(c3ccc(-c4cc5ccccc5c5ccccc45)cc3)c3cc4c(cc3-c3cccc5c3CCCC5)-c3ccccc3C4(c3ccccc3)c3ccccc3)cc2)cc1. The summed E-state index contributed by atoms with van der Waals surface area (Å²) >= 11 is 0. The van der Waals surface area contributed by atoms with Crippen molar-refractivity contribution in [2.75, 3.05) is 4.90 Å². The maximum Gasteiger partial charge on any atom is 0.0714 e. The van der Waals surface area contributed by atoms with E-state index in [2.05, 4.69) is 254 Å². The molecule has 0 fully saturated rings. The highest BCUT2D eigenvalue weighted by molar-refractivity contribution is 6.14. The van der Waals surface area contributed by atoms with Crippen molar-refractivity contribution in [1.82, 2.24) is 0 Å². The molecule has 1 nitrogen and oxygen atoms in total. The molecule has 2 aliphatic carbocycles. The lowest BCUT2D eigenvalue weighted by Crippen LogP contribution is -2.28. The Hall–Kier alpha value is -8.26. The van der Waals surface area contributed by atoms with E-state index in [1.807, 2.05) is 0 Å². The van der Waals surface area contributed by atoms with Gasteiger partial charge in [-0.25, -0.2) is 0 Å². The molecule has 1 heteroatoms. The second-order valence-corrected chi connectivity index (χ2v) is 18.6. The average Bonchev–Trinajstić information content (AvgIpc) is 3.71. The first kappa shape index (κ1) is 40.1. The Bertz CT molecular complexity index is 3610. The summed E-state index contributed by atoms with van der Waals surface area (Å²) in [6.07, 6.45) is 4.63. The van der Waals surface area contributed by atoms with E-state index in [4.69, 9.17) is 0 Å². The van der Waals surface area contributed by atoms with Crippen LogP contribution in [0.2, 0.25) is 0 Å². The summed E-state index contributed by atoms with van der Waals surface area (Å²) in [7, 11) is 0. The summed E-state index contributed by atoms with van der Waals surface area (Å²) in [4.78, 5) is 2.54.